The fourth-order valence-corrected chi connectivity index (χ4v) is 2.57. The Bertz CT molecular complexity index is 436. The molecular weight excluding hydrogens is 242 g/mol. The van der Waals surface area contributed by atoms with Gasteiger partial charge in [0.2, 0.25) is 0 Å². The number of ether oxygens (including phenoxy) is 1. The van der Waals surface area contributed by atoms with Gasteiger partial charge in [0.1, 0.15) is 10.6 Å². The number of amides is 1. The third-order valence-electron chi connectivity index (χ3n) is 2.88. The Morgan fingerprint density at radius 3 is 2.82 bits per heavy atom. The largest absolute Gasteiger partial charge is 0.495 e. The maximum atomic E-state index is 11.8. The minimum atomic E-state index is -0.788. The third-order valence-corrected chi connectivity index (χ3v) is 3.77. The molecule has 0 saturated heterocycles. The van der Waals surface area contributed by atoms with Gasteiger partial charge in [0.25, 0.3) is 5.91 Å². The van der Waals surface area contributed by atoms with Crippen molar-refractivity contribution >= 4 is 23.2 Å². The summed E-state index contributed by atoms with van der Waals surface area (Å²) in [5.41, 5.74) is 0. The number of carbonyl (C=O) groups excluding carboxylic acids is 1. The van der Waals surface area contributed by atoms with Gasteiger partial charge in [-0.2, -0.15) is 0 Å². The van der Waals surface area contributed by atoms with Gasteiger partial charge in [-0.25, -0.2) is 0 Å². The molecule has 1 aliphatic rings. The van der Waals surface area contributed by atoms with E-state index in [0.29, 0.717) is 23.5 Å². The molecule has 1 aromatic heterocycles. The van der Waals surface area contributed by atoms with Crippen molar-refractivity contribution in [1.82, 2.24) is 5.32 Å². The van der Waals surface area contributed by atoms with Gasteiger partial charge in [0, 0.05) is 6.04 Å². The van der Waals surface area contributed by atoms with Crippen molar-refractivity contribution in [2.24, 2.45) is 5.92 Å². The Labute approximate surface area is 102 Å². The van der Waals surface area contributed by atoms with Gasteiger partial charge in [-0.05, 0) is 24.3 Å². The highest BCUT2D eigenvalue weighted by Crippen LogP contribution is 2.29. The second-order valence-corrected chi connectivity index (χ2v) is 4.91. The van der Waals surface area contributed by atoms with Gasteiger partial charge in [-0.15, -0.1) is 11.3 Å². The van der Waals surface area contributed by atoms with Crippen LogP contribution in [-0.2, 0) is 4.79 Å². The molecule has 5 nitrogen and oxygen atoms in total. The van der Waals surface area contributed by atoms with Gasteiger partial charge in [-0.1, -0.05) is 0 Å². The van der Waals surface area contributed by atoms with E-state index in [2.05, 4.69) is 5.32 Å². The summed E-state index contributed by atoms with van der Waals surface area (Å²) in [6, 6.07) is 1.70. The molecule has 0 radical (unpaired) electrons. The molecule has 2 N–H and O–H groups in total. The quantitative estimate of drug-likeness (QED) is 0.851. The molecule has 1 amide bonds. The first kappa shape index (κ1) is 11.9. The van der Waals surface area contributed by atoms with E-state index in [1.54, 1.807) is 11.4 Å². The van der Waals surface area contributed by atoms with E-state index in [4.69, 9.17) is 9.84 Å². The van der Waals surface area contributed by atoms with E-state index in [1.807, 2.05) is 0 Å². The zero-order chi connectivity index (χ0) is 12.4. The highest BCUT2D eigenvalue weighted by molar-refractivity contribution is 7.12. The second kappa shape index (κ2) is 4.75. The van der Waals surface area contributed by atoms with Crippen molar-refractivity contribution in [1.29, 1.82) is 0 Å². The van der Waals surface area contributed by atoms with E-state index in [9.17, 15) is 9.59 Å². The molecule has 17 heavy (non-hydrogen) atoms. The highest BCUT2D eigenvalue weighted by Gasteiger charge is 2.35. The first-order valence-corrected chi connectivity index (χ1v) is 6.15. The van der Waals surface area contributed by atoms with Crippen LogP contribution in [0.15, 0.2) is 11.4 Å². The zero-order valence-electron chi connectivity index (χ0n) is 9.30. The summed E-state index contributed by atoms with van der Waals surface area (Å²) < 4.78 is 5.05. The van der Waals surface area contributed by atoms with Gasteiger partial charge in [-0.3, -0.25) is 9.59 Å². The molecule has 92 valence electrons. The van der Waals surface area contributed by atoms with Crippen LogP contribution in [0.25, 0.3) is 0 Å². The van der Waals surface area contributed by atoms with Gasteiger partial charge in [0.15, 0.2) is 0 Å². The maximum Gasteiger partial charge on any atom is 0.306 e. The van der Waals surface area contributed by atoms with Crippen LogP contribution in [-0.4, -0.2) is 30.1 Å². The SMILES string of the molecule is COc1ccsc1C(=O)NC1CC(C(=O)O)C1. The number of rotatable bonds is 4. The molecule has 0 bridgehead atoms. The van der Waals surface area contributed by atoms with E-state index >= 15 is 0 Å². The predicted octanol–water partition coefficient (Wildman–Crippen LogP) is 1.35. The number of thiophene rings is 1. The number of carboxylic acids is 1. The topological polar surface area (TPSA) is 75.6 Å². The van der Waals surface area contributed by atoms with Crippen LogP contribution in [0.2, 0.25) is 0 Å². The van der Waals surface area contributed by atoms with Crippen LogP contribution in [0, 0.1) is 5.92 Å². The van der Waals surface area contributed by atoms with Crippen molar-refractivity contribution < 1.29 is 19.4 Å². The van der Waals surface area contributed by atoms with Gasteiger partial charge >= 0.3 is 5.97 Å². The lowest BCUT2D eigenvalue weighted by atomic mass is 9.80. The van der Waals surface area contributed by atoms with Crippen LogP contribution < -0.4 is 10.1 Å². The summed E-state index contributed by atoms with van der Waals surface area (Å²) in [6.07, 6.45) is 1.02. The predicted molar refractivity (Wildman–Crippen MR) is 62.5 cm³/mol. The Kier molecular flexibility index (Phi) is 3.33. The fraction of sp³-hybridized carbons (Fsp3) is 0.455. The lowest BCUT2D eigenvalue weighted by molar-refractivity contribution is -0.145. The van der Waals surface area contributed by atoms with E-state index < -0.39 is 5.97 Å². The summed E-state index contributed by atoms with van der Waals surface area (Å²) in [7, 11) is 1.52. The second-order valence-electron chi connectivity index (χ2n) is 4.00. The van der Waals surface area contributed by atoms with Gasteiger partial charge < -0.3 is 15.2 Å². The highest BCUT2D eigenvalue weighted by atomic mass is 32.1. The number of nitrogens with one attached hydrogen (secondary N) is 1. The van der Waals surface area contributed by atoms with Crippen LogP contribution in [0.5, 0.6) is 5.75 Å². The number of hydrogen-bond acceptors (Lipinski definition) is 4. The molecule has 2 rings (SSSR count). The van der Waals surface area contributed by atoms with Crippen LogP contribution in [0.3, 0.4) is 0 Å². The zero-order valence-corrected chi connectivity index (χ0v) is 10.1. The lowest BCUT2D eigenvalue weighted by Crippen LogP contribution is -2.46. The molecule has 1 aromatic rings. The number of hydrogen-bond donors (Lipinski definition) is 2. The molecule has 0 aromatic carbocycles. The number of carboxylic acid groups (broad SMARTS) is 1. The minimum Gasteiger partial charge on any atom is -0.495 e. The third kappa shape index (κ3) is 2.41. The molecule has 0 atom stereocenters. The first-order chi connectivity index (χ1) is 8.11. The van der Waals surface area contributed by atoms with Crippen molar-refractivity contribution in [3.8, 4) is 5.75 Å². The van der Waals surface area contributed by atoms with Crippen molar-refractivity contribution in [2.45, 2.75) is 18.9 Å². The van der Waals surface area contributed by atoms with Crippen LogP contribution in [0.4, 0.5) is 0 Å². The summed E-state index contributed by atoms with van der Waals surface area (Å²) in [5, 5.41) is 13.3. The van der Waals surface area contributed by atoms with Crippen molar-refractivity contribution in [2.75, 3.05) is 7.11 Å². The molecule has 6 heteroatoms. The Hall–Kier alpha value is -1.56. The molecule has 0 aliphatic heterocycles. The smallest absolute Gasteiger partial charge is 0.306 e. The van der Waals surface area contributed by atoms with E-state index in [0.717, 1.165) is 0 Å². The lowest BCUT2D eigenvalue weighted by Gasteiger charge is -2.32. The fourth-order valence-electron chi connectivity index (χ4n) is 1.81. The summed E-state index contributed by atoms with van der Waals surface area (Å²) in [5.74, 6) is -0.734. The van der Waals surface area contributed by atoms with Crippen LogP contribution >= 0.6 is 11.3 Å². The number of carbonyl (C=O) groups is 2. The monoisotopic (exact) mass is 255 g/mol. The Morgan fingerprint density at radius 2 is 2.24 bits per heavy atom. The van der Waals surface area contributed by atoms with E-state index in [1.165, 1.54) is 18.4 Å². The first-order valence-electron chi connectivity index (χ1n) is 5.27. The van der Waals surface area contributed by atoms with E-state index in [-0.39, 0.29) is 17.9 Å². The number of methoxy groups -OCH3 is 1. The molecule has 1 saturated carbocycles. The average Bonchev–Trinajstić information content (AvgIpc) is 2.69. The Morgan fingerprint density at radius 1 is 1.53 bits per heavy atom. The normalized spacial score (nSPS) is 22.6. The standard InChI is InChI=1S/C11H13NO4S/c1-16-8-2-3-17-9(8)10(13)12-7-4-6(5-7)11(14)15/h2-3,6-7H,4-5H2,1H3,(H,12,13)(H,14,15). The summed E-state index contributed by atoms with van der Waals surface area (Å²) in [6.45, 7) is 0. The van der Waals surface area contributed by atoms with Crippen LogP contribution in [0.1, 0.15) is 22.5 Å². The molecule has 1 fully saturated rings. The Balaban J connectivity index is 1.89. The molecule has 0 spiro atoms. The van der Waals surface area contributed by atoms with Gasteiger partial charge in [0.05, 0.1) is 13.0 Å². The molecule has 0 unspecified atom stereocenters. The average molecular weight is 255 g/mol. The number of aliphatic carboxylic acids is 1. The summed E-state index contributed by atoms with van der Waals surface area (Å²) >= 11 is 1.31. The summed E-state index contributed by atoms with van der Waals surface area (Å²) in [4.78, 5) is 23.0. The minimum absolute atomic E-state index is 0.0320. The molecular formula is C11H13NO4S. The molecule has 1 aliphatic carbocycles. The molecule has 1 heterocycles. The van der Waals surface area contributed by atoms with Crippen molar-refractivity contribution in [3.63, 3.8) is 0 Å². The maximum absolute atomic E-state index is 11.8. The van der Waals surface area contributed by atoms with Crippen molar-refractivity contribution in [3.05, 3.63) is 16.3 Å².